The molecule has 0 atom stereocenters. The molecule has 7 heteroatoms. The highest BCUT2D eigenvalue weighted by atomic mass is 32.2. The minimum absolute atomic E-state index is 0.0982. The second kappa shape index (κ2) is 8.12. The molecule has 0 spiro atoms. The Kier molecular flexibility index (Phi) is 6.03. The summed E-state index contributed by atoms with van der Waals surface area (Å²) in [5, 5.41) is 13.8. The summed E-state index contributed by atoms with van der Waals surface area (Å²) in [5.74, 6) is 0.328. The number of piperidine rings is 1. The third-order valence-electron chi connectivity index (χ3n) is 5.70. The van der Waals surface area contributed by atoms with Crippen LogP contribution >= 0.6 is 0 Å². The summed E-state index contributed by atoms with van der Waals surface area (Å²) in [7, 11) is -3.61. The topological polar surface area (TPSA) is 83.6 Å². The first-order valence-corrected chi connectivity index (χ1v) is 10.9. The van der Waals surface area contributed by atoms with Crippen molar-refractivity contribution in [1.29, 1.82) is 0 Å². The molecule has 1 aliphatic rings. The Labute approximate surface area is 161 Å². The summed E-state index contributed by atoms with van der Waals surface area (Å²) in [6.07, 6.45) is 4.20. The van der Waals surface area contributed by atoms with Gasteiger partial charge in [-0.25, -0.2) is 8.42 Å². The molecule has 1 aliphatic heterocycles. The van der Waals surface area contributed by atoms with Gasteiger partial charge >= 0.3 is 0 Å². The molecule has 1 aromatic carbocycles. The monoisotopic (exact) mass is 392 g/mol. The average molecular weight is 393 g/mol. The van der Waals surface area contributed by atoms with Crippen molar-refractivity contribution in [3.8, 4) is 0 Å². The summed E-state index contributed by atoms with van der Waals surface area (Å²) in [4.78, 5) is 0.183. The average Bonchev–Trinajstić information content (AvgIpc) is 3.02. The van der Waals surface area contributed by atoms with E-state index in [9.17, 15) is 13.5 Å². The van der Waals surface area contributed by atoms with Crippen molar-refractivity contribution in [3.63, 3.8) is 0 Å². The van der Waals surface area contributed by atoms with Gasteiger partial charge in [-0.3, -0.25) is 0 Å². The highest BCUT2D eigenvalue weighted by molar-refractivity contribution is 7.89. The third kappa shape index (κ3) is 4.25. The van der Waals surface area contributed by atoms with Gasteiger partial charge in [0, 0.05) is 19.7 Å². The summed E-state index contributed by atoms with van der Waals surface area (Å²) in [6, 6.07) is 10.3. The van der Waals surface area contributed by atoms with Crippen LogP contribution in [0.3, 0.4) is 0 Å². The lowest BCUT2D eigenvalue weighted by atomic mass is 9.75. The standard InChI is InChI=1S/C20H28N2O4S/c1-16-19(17(2)26-21-16)27(24,25)22-13-11-20(15-23,12-14-22)10-6-9-18-7-4-3-5-8-18/h3-5,7-8,23H,6,9-15H2,1-2H3. The number of hydrogen-bond acceptors (Lipinski definition) is 5. The molecule has 148 valence electrons. The minimum atomic E-state index is -3.61. The largest absolute Gasteiger partial charge is 0.396 e. The normalized spacial score (nSPS) is 17.9. The lowest BCUT2D eigenvalue weighted by Gasteiger charge is -2.40. The molecule has 0 radical (unpaired) electrons. The van der Waals surface area contributed by atoms with E-state index in [2.05, 4.69) is 17.3 Å². The molecule has 1 N–H and O–H groups in total. The Morgan fingerprint density at radius 1 is 1.19 bits per heavy atom. The van der Waals surface area contributed by atoms with Gasteiger partial charge < -0.3 is 9.63 Å². The first kappa shape index (κ1) is 20.0. The smallest absolute Gasteiger partial charge is 0.248 e. The molecule has 0 unspecified atom stereocenters. The molecule has 27 heavy (non-hydrogen) atoms. The summed E-state index contributed by atoms with van der Waals surface area (Å²) in [6.45, 7) is 4.20. The van der Waals surface area contributed by atoms with Crippen LogP contribution in [0.5, 0.6) is 0 Å². The van der Waals surface area contributed by atoms with Gasteiger partial charge in [0.25, 0.3) is 0 Å². The zero-order chi connectivity index (χ0) is 19.5. The Morgan fingerprint density at radius 3 is 2.41 bits per heavy atom. The van der Waals surface area contributed by atoms with Crippen molar-refractivity contribution in [2.24, 2.45) is 5.41 Å². The van der Waals surface area contributed by atoms with Crippen LogP contribution in [0.4, 0.5) is 0 Å². The lowest BCUT2D eigenvalue weighted by Crippen LogP contribution is -2.44. The molecule has 6 nitrogen and oxygen atoms in total. The summed E-state index contributed by atoms with van der Waals surface area (Å²) >= 11 is 0. The fourth-order valence-electron chi connectivity index (χ4n) is 3.97. The molecule has 0 aliphatic carbocycles. The highest BCUT2D eigenvalue weighted by Crippen LogP contribution is 2.38. The van der Waals surface area contributed by atoms with Crippen molar-refractivity contribution in [1.82, 2.24) is 9.46 Å². The summed E-state index contributed by atoms with van der Waals surface area (Å²) in [5.41, 5.74) is 1.50. The van der Waals surface area contributed by atoms with E-state index in [0.29, 0.717) is 37.4 Å². The van der Waals surface area contributed by atoms with E-state index >= 15 is 0 Å². The van der Waals surface area contributed by atoms with Crippen LogP contribution in [-0.4, -0.2) is 42.7 Å². The first-order valence-electron chi connectivity index (χ1n) is 9.46. The Hall–Kier alpha value is -1.70. The van der Waals surface area contributed by atoms with Crippen molar-refractivity contribution in [2.45, 2.75) is 50.8 Å². The van der Waals surface area contributed by atoms with Gasteiger partial charge in [0.05, 0.1) is 0 Å². The molecular weight excluding hydrogens is 364 g/mol. The van der Waals surface area contributed by atoms with Gasteiger partial charge in [0.15, 0.2) is 5.76 Å². The number of aliphatic hydroxyl groups excluding tert-OH is 1. The van der Waals surface area contributed by atoms with Crippen molar-refractivity contribution in [2.75, 3.05) is 19.7 Å². The fraction of sp³-hybridized carbons (Fsp3) is 0.550. The molecule has 0 amide bonds. The van der Waals surface area contributed by atoms with Crippen molar-refractivity contribution < 1.29 is 18.0 Å². The Balaban J connectivity index is 1.62. The summed E-state index contributed by atoms with van der Waals surface area (Å²) < 4.78 is 32.4. The number of aryl methyl sites for hydroxylation is 3. The predicted molar refractivity (Wildman–Crippen MR) is 103 cm³/mol. The molecule has 2 heterocycles. The van der Waals surface area contributed by atoms with Gasteiger partial charge in [-0.05, 0) is 56.9 Å². The van der Waals surface area contributed by atoms with E-state index in [1.54, 1.807) is 13.8 Å². The van der Waals surface area contributed by atoms with Crippen LogP contribution in [0.25, 0.3) is 0 Å². The Bertz CT molecular complexity index is 834. The molecule has 1 aromatic heterocycles. The van der Waals surface area contributed by atoms with Crippen LogP contribution in [-0.2, 0) is 16.4 Å². The fourth-order valence-corrected chi connectivity index (χ4v) is 5.70. The predicted octanol–water partition coefficient (Wildman–Crippen LogP) is 3.08. The number of aromatic nitrogens is 1. The SMILES string of the molecule is Cc1noc(C)c1S(=O)(=O)N1CCC(CO)(CCCc2ccccc2)CC1. The van der Waals surface area contributed by atoms with E-state index in [0.717, 1.165) is 19.3 Å². The van der Waals surface area contributed by atoms with Crippen molar-refractivity contribution in [3.05, 3.63) is 47.3 Å². The first-order chi connectivity index (χ1) is 12.9. The van der Waals surface area contributed by atoms with Gasteiger partial charge in [0.1, 0.15) is 10.6 Å². The number of hydrogen-bond donors (Lipinski definition) is 1. The van der Waals surface area contributed by atoms with Gasteiger partial charge in [-0.1, -0.05) is 35.5 Å². The van der Waals surface area contributed by atoms with Crippen molar-refractivity contribution >= 4 is 10.0 Å². The van der Waals surface area contributed by atoms with Crippen LogP contribution < -0.4 is 0 Å². The second-order valence-corrected chi connectivity index (χ2v) is 9.43. The van der Waals surface area contributed by atoms with Crippen LogP contribution in [0.2, 0.25) is 0 Å². The zero-order valence-electron chi connectivity index (χ0n) is 16.0. The van der Waals surface area contributed by atoms with Gasteiger partial charge in [-0.2, -0.15) is 4.31 Å². The van der Waals surface area contributed by atoms with Gasteiger partial charge in [-0.15, -0.1) is 0 Å². The maximum atomic E-state index is 13.0. The lowest BCUT2D eigenvalue weighted by molar-refractivity contribution is 0.0584. The van der Waals surface area contributed by atoms with E-state index in [4.69, 9.17) is 4.52 Å². The number of sulfonamides is 1. The molecule has 2 aromatic rings. The maximum absolute atomic E-state index is 13.0. The molecule has 0 bridgehead atoms. The molecule has 3 rings (SSSR count). The molecule has 0 saturated carbocycles. The van der Waals surface area contributed by atoms with Crippen LogP contribution in [0.15, 0.2) is 39.8 Å². The van der Waals surface area contributed by atoms with Crippen LogP contribution in [0.1, 0.15) is 42.7 Å². The van der Waals surface area contributed by atoms with Crippen LogP contribution in [0, 0.1) is 19.3 Å². The van der Waals surface area contributed by atoms with E-state index in [-0.39, 0.29) is 16.9 Å². The number of aliphatic hydroxyl groups is 1. The maximum Gasteiger partial charge on any atom is 0.248 e. The molecular formula is C20H28N2O4S. The Morgan fingerprint density at radius 2 is 1.85 bits per heavy atom. The second-order valence-electron chi connectivity index (χ2n) is 7.55. The van der Waals surface area contributed by atoms with E-state index in [1.807, 2.05) is 18.2 Å². The zero-order valence-corrected chi connectivity index (χ0v) is 16.8. The van der Waals surface area contributed by atoms with E-state index < -0.39 is 10.0 Å². The number of rotatable bonds is 7. The highest BCUT2D eigenvalue weighted by Gasteiger charge is 2.39. The number of benzene rings is 1. The van der Waals surface area contributed by atoms with E-state index in [1.165, 1.54) is 9.87 Å². The molecule has 1 saturated heterocycles. The number of nitrogens with zero attached hydrogens (tertiary/aromatic N) is 2. The molecule has 1 fully saturated rings. The third-order valence-corrected chi connectivity index (χ3v) is 7.84. The minimum Gasteiger partial charge on any atom is -0.396 e. The van der Waals surface area contributed by atoms with Gasteiger partial charge in [0.2, 0.25) is 10.0 Å². The quantitative estimate of drug-likeness (QED) is 0.783.